The van der Waals surface area contributed by atoms with Gasteiger partial charge in [0.25, 0.3) is 15.9 Å². The average molecular weight is 403 g/mol. The van der Waals surface area contributed by atoms with E-state index in [1.54, 1.807) is 54.6 Å². The van der Waals surface area contributed by atoms with Crippen LogP contribution in [0.3, 0.4) is 0 Å². The Bertz CT molecular complexity index is 849. The van der Waals surface area contributed by atoms with Crippen LogP contribution in [-0.4, -0.2) is 27.9 Å². The number of sulfonamides is 1. The monoisotopic (exact) mass is 402 g/mol. The van der Waals surface area contributed by atoms with E-state index in [4.69, 9.17) is 0 Å². The van der Waals surface area contributed by atoms with Crippen molar-refractivity contribution in [1.82, 2.24) is 5.32 Å². The van der Waals surface area contributed by atoms with Crippen molar-refractivity contribution in [1.29, 1.82) is 0 Å². The number of amides is 1. The van der Waals surface area contributed by atoms with E-state index in [0.29, 0.717) is 23.7 Å². The summed E-state index contributed by atoms with van der Waals surface area (Å²) in [6.07, 6.45) is 4.49. The van der Waals surface area contributed by atoms with Crippen LogP contribution in [0.15, 0.2) is 59.5 Å². The fourth-order valence-corrected chi connectivity index (χ4v) is 4.21. The SMILES string of the molecule is CCCC[C@@H](CC)CNC(=O)c1ccc(N(C)S(=O)(=O)c2ccccc2)cc1. The maximum Gasteiger partial charge on any atom is 0.264 e. The lowest BCUT2D eigenvalue weighted by Gasteiger charge is -2.20. The van der Waals surface area contributed by atoms with Gasteiger partial charge in [0.15, 0.2) is 0 Å². The number of carbonyl (C=O) groups excluding carboxylic acids is 1. The van der Waals surface area contributed by atoms with Crippen molar-refractivity contribution in [3.63, 3.8) is 0 Å². The molecular formula is C22H30N2O3S. The zero-order chi connectivity index (χ0) is 20.6. The predicted octanol–water partition coefficient (Wildman–Crippen LogP) is 4.46. The molecule has 0 heterocycles. The molecular weight excluding hydrogens is 372 g/mol. The summed E-state index contributed by atoms with van der Waals surface area (Å²) in [6, 6.07) is 14.9. The average Bonchev–Trinajstić information content (AvgIpc) is 2.74. The van der Waals surface area contributed by atoms with E-state index < -0.39 is 10.0 Å². The lowest BCUT2D eigenvalue weighted by Crippen LogP contribution is -2.29. The highest BCUT2D eigenvalue weighted by Crippen LogP contribution is 2.22. The van der Waals surface area contributed by atoms with Gasteiger partial charge < -0.3 is 5.32 Å². The van der Waals surface area contributed by atoms with Gasteiger partial charge >= 0.3 is 0 Å². The minimum Gasteiger partial charge on any atom is -0.352 e. The minimum absolute atomic E-state index is 0.130. The summed E-state index contributed by atoms with van der Waals surface area (Å²) < 4.78 is 26.6. The van der Waals surface area contributed by atoms with Gasteiger partial charge in [-0.25, -0.2) is 8.42 Å². The Morgan fingerprint density at radius 2 is 1.68 bits per heavy atom. The number of unbranched alkanes of at least 4 members (excludes halogenated alkanes) is 1. The number of hydrogen-bond donors (Lipinski definition) is 1. The summed E-state index contributed by atoms with van der Waals surface area (Å²) in [5.41, 5.74) is 1.04. The molecule has 0 fully saturated rings. The number of carbonyl (C=O) groups is 1. The molecule has 6 heteroatoms. The third-order valence-electron chi connectivity index (χ3n) is 4.99. The quantitative estimate of drug-likeness (QED) is 0.638. The zero-order valence-electron chi connectivity index (χ0n) is 16.9. The second-order valence-electron chi connectivity index (χ2n) is 6.96. The van der Waals surface area contributed by atoms with Crippen LogP contribution in [0, 0.1) is 5.92 Å². The Morgan fingerprint density at radius 3 is 2.25 bits per heavy atom. The van der Waals surface area contributed by atoms with Crippen LogP contribution in [0.4, 0.5) is 5.69 Å². The molecule has 0 saturated carbocycles. The minimum atomic E-state index is -3.63. The van der Waals surface area contributed by atoms with Crippen LogP contribution in [-0.2, 0) is 10.0 Å². The number of rotatable bonds is 10. The molecule has 2 aromatic rings. The maximum absolute atomic E-state index is 12.7. The zero-order valence-corrected chi connectivity index (χ0v) is 17.7. The topological polar surface area (TPSA) is 66.5 Å². The first-order valence-electron chi connectivity index (χ1n) is 9.82. The first-order chi connectivity index (χ1) is 13.4. The van der Waals surface area contributed by atoms with Gasteiger partial charge in [0.1, 0.15) is 0 Å². The molecule has 0 radical (unpaired) electrons. The largest absolute Gasteiger partial charge is 0.352 e. The Morgan fingerprint density at radius 1 is 1.04 bits per heavy atom. The summed E-state index contributed by atoms with van der Waals surface area (Å²) in [5.74, 6) is 0.361. The molecule has 2 rings (SSSR count). The third-order valence-corrected chi connectivity index (χ3v) is 6.79. The first-order valence-corrected chi connectivity index (χ1v) is 11.3. The highest BCUT2D eigenvalue weighted by atomic mass is 32.2. The van der Waals surface area contributed by atoms with Gasteiger partial charge in [0.05, 0.1) is 10.6 Å². The smallest absolute Gasteiger partial charge is 0.264 e. The van der Waals surface area contributed by atoms with E-state index in [9.17, 15) is 13.2 Å². The highest BCUT2D eigenvalue weighted by Gasteiger charge is 2.21. The molecule has 1 amide bonds. The van der Waals surface area contributed by atoms with Crippen molar-refractivity contribution in [2.75, 3.05) is 17.9 Å². The summed E-state index contributed by atoms with van der Waals surface area (Å²) in [4.78, 5) is 12.6. The van der Waals surface area contributed by atoms with Crippen molar-refractivity contribution in [3.8, 4) is 0 Å². The number of nitrogens with zero attached hydrogens (tertiary/aromatic N) is 1. The van der Waals surface area contributed by atoms with E-state index in [1.165, 1.54) is 17.8 Å². The van der Waals surface area contributed by atoms with Crippen LogP contribution in [0.1, 0.15) is 49.9 Å². The second-order valence-corrected chi connectivity index (χ2v) is 8.93. The molecule has 0 spiro atoms. The number of nitrogens with one attached hydrogen (secondary N) is 1. The van der Waals surface area contributed by atoms with Crippen molar-refractivity contribution in [2.45, 2.75) is 44.4 Å². The molecule has 0 aliphatic carbocycles. The van der Waals surface area contributed by atoms with Crippen molar-refractivity contribution in [3.05, 3.63) is 60.2 Å². The molecule has 28 heavy (non-hydrogen) atoms. The van der Waals surface area contributed by atoms with E-state index >= 15 is 0 Å². The van der Waals surface area contributed by atoms with Gasteiger partial charge in [0.2, 0.25) is 0 Å². The summed E-state index contributed by atoms with van der Waals surface area (Å²) in [7, 11) is -2.12. The van der Waals surface area contributed by atoms with Crippen LogP contribution in [0.5, 0.6) is 0 Å². The standard InChI is InChI=1S/C22H30N2O3S/c1-4-6-10-18(5-2)17-23-22(25)19-13-15-20(16-14-19)24(3)28(26,27)21-11-8-7-9-12-21/h7-9,11-16,18H,4-6,10,17H2,1-3H3,(H,23,25)/t18-/m1/s1. The molecule has 1 N–H and O–H groups in total. The van der Waals surface area contributed by atoms with Crippen LogP contribution < -0.4 is 9.62 Å². The van der Waals surface area contributed by atoms with Crippen LogP contribution >= 0.6 is 0 Å². The lowest BCUT2D eigenvalue weighted by atomic mass is 9.99. The first kappa shape index (κ1) is 22.0. The Balaban J connectivity index is 2.03. The Hall–Kier alpha value is -2.34. The van der Waals surface area contributed by atoms with Gasteiger partial charge in [0, 0.05) is 19.2 Å². The fourth-order valence-electron chi connectivity index (χ4n) is 2.99. The van der Waals surface area contributed by atoms with Crippen LogP contribution in [0.2, 0.25) is 0 Å². The van der Waals surface area contributed by atoms with E-state index in [2.05, 4.69) is 19.2 Å². The summed E-state index contributed by atoms with van der Waals surface area (Å²) in [5, 5.41) is 2.99. The molecule has 0 unspecified atom stereocenters. The number of anilines is 1. The molecule has 1 atom stereocenters. The number of benzene rings is 2. The lowest BCUT2D eigenvalue weighted by molar-refractivity contribution is 0.0946. The summed E-state index contributed by atoms with van der Waals surface area (Å²) in [6.45, 7) is 4.98. The predicted molar refractivity (Wildman–Crippen MR) is 114 cm³/mol. The molecule has 0 saturated heterocycles. The number of hydrogen-bond acceptors (Lipinski definition) is 3. The van der Waals surface area contributed by atoms with Crippen molar-refractivity contribution < 1.29 is 13.2 Å². The fraction of sp³-hybridized carbons (Fsp3) is 0.409. The molecule has 2 aromatic carbocycles. The Kier molecular flexibility index (Phi) is 8.05. The van der Waals surface area contributed by atoms with Gasteiger partial charge in [-0.05, 0) is 48.7 Å². The second kappa shape index (κ2) is 10.3. The molecule has 0 aliphatic heterocycles. The van der Waals surface area contributed by atoms with E-state index in [-0.39, 0.29) is 10.8 Å². The van der Waals surface area contributed by atoms with Gasteiger partial charge in [-0.15, -0.1) is 0 Å². The van der Waals surface area contributed by atoms with Gasteiger partial charge in [-0.1, -0.05) is 51.3 Å². The van der Waals surface area contributed by atoms with Crippen molar-refractivity contribution >= 4 is 21.6 Å². The maximum atomic E-state index is 12.7. The molecule has 0 bridgehead atoms. The van der Waals surface area contributed by atoms with E-state index in [1.807, 2.05) is 0 Å². The van der Waals surface area contributed by atoms with Crippen molar-refractivity contribution in [2.24, 2.45) is 5.92 Å². The summed E-state index contributed by atoms with van der Waals surface area (Å²) >= 11 is 0. The Labute approximate surface area is 168 Å². The normalized spacial score (nSPS) is 12.4. The molecule has 0 aliphatic rings. The van der Waals surface area contributed by atoms with E-state index in [0.717, 1.165) is 19.3 Å². The molecule has 5 nitrogen and oxygen atoms in total. The molecule has 152 valence electrons. The highest BCUT2D eigenvalue weighted by molar-refractivity contribution is 7.92. The van der Waals surface area contributed by atoms with Gasteiger partial charge in [-0.3, -0.25) is 9.10 Å². The van der Waals surface area contributed by atoms with Crippen LogP contribution in [0.25, 0.3) is 0 Å². The van der Waals surface area contributed by atoms with Gasteiger partial charge in [-0.2, -0.15) is 0 Å². The third kappa shape index (κ3) is 5.58. The molecule has 0 aromatic heterocycles.